The highest BCUT2D eigenvalue weighted by Gasteiger charge is 2.15. The van der Waals surface area contributed by atoms with E-state index in [1.54, 1.807) is 0 Å². The van der Waals surface area contributed by atoms with Crippen molar-refractivity contribution in [3.8, 4) is 11.1 Å². The third kappa shape index (κ3) is 2.73. The summed E-state index contributed by atoms with van der Waals surface area (Å²) in [5.41, 5.74) is 9.20. The van der Waals surface area contributed by atoms with Gasteiger partial charge in [-0.2, -0.15) is 0 Å². The molecule has 1 heterocycles. The molecule has 0 radical (unpaired) electrons. The predicted molar refractivity (Wildman–Crippen MR) is 74.3 cm³/mol. The fourth-order valence-corrected chi connectivity index (χ4v) is 2.07. The lowest BCUT2D eigenvalue weighted by Crippen LogP contribution is -1.91. The molecule has 0 unspecified atom stereocenters. The molecule has 0 aliphatic carbocycles. The van der Waals surface area contributed by atoms with E-state index in [2.05, 4.69) is 43.3 Å². The predicted octanol–water partition coefficient (Wildman–Crippen LogP) is 3.96. The van der Waals surface area contributed by atoms with E-state index in [1.165, 1.54) is 18.4 Å². The first-order valence-corrected chi connectivity index (χ1v) is 6.53. The monoisotopic (exact) mass is 244 g/mol. The molecular formula is C15H20N2O. The summed E-state index contributed by atoms with van der Waals surface area (Å²) in [7, 11) is 0. The van der Waals surface area contributed by atoms with Crippen molar-refractivity contribution in [3.63, 3.8) is 0 Å². The third-order valence-electron chi connectivity index (χ3n) is 3.14. The van der Waals surface area contributed by atoms with Crippen LogP contribution in [0.25, 0.3) is 11.1 Å². The Kier molecular flexibility index (Phi) is 4.03. The van der Waals surface area contributed by atoms with Crippen LogP contribution in [0.2, 0.25) is 0 Å². The van der Waals surface area contributed by atoms with Gasteiger partial charge in [0.15, 0.2) is 5.82 Å². The summed E-state index contributed by atoms with van der Waals surface area (Å²) in [5, 5.41) is 3.90. The highest BCUT2D eigenvalue weighted by Crippen LogP contribution is 2.30. The number of aryl methyl sites for hydroxylation is 2. The first-order chi connectivity index (χ1) is 8.72. The van der Waals surface area contributed by atoms with Crippen molar-refractivity contribution in [3.05, 3.63) is 35.6 Å². The molecule has 3 nitrogen and oxygen atoms in total. The van der Waals surface area contributed by atoms with E-state index in [9.17, 15) is 0 Å². The van der Waals surface area contributed by atoms with E-state index in [1.807, 2.05) is 0 Å². The highest BCUT2D eigenvalue weighted by molar-refractivity contribution is 5.75. The smallest absolute Gasteiger partial charge is 0.175 e. The van der Waals surface area contributed by atoms with Gasteiger partial charge in [0, 0.05) is 6.42 Å². The molecule has 0 fully saturated rings. The standard InChI is InChI=1S/C15H20N2O/c1-3-4-5-6-13-14(15(16)17-18-13)12-9-7-11(2)8-10-12/h7-10H,3-6H2,1-2H3,(H2,16,17). The zero-order chi connectivity index (χ0) is 13.0. The van der Waals surface area contributed by atoms with Gasteiger partial charge in [-0.05, 0) is 18.9 Å². The van der Waals surface area contributed by atoms with E-state index >= 15 is 0 Å². The third-order valence-corrected chi connectivity index (χ3v) is 3.14. The van der Waals surface area contributed by atoms with Crippen LogP contribution in [-0.2, 0) is 6.42 Å². The lowest BCUT2D eigenvalue weighted by Gasteiger charge is -2.03. The molecule has 2 rings (SSSR count). The molecule has 3 heteroatoms. The Morgan fingerprint density at radius 3 is 2.56 bits per heavy atom. The molecule has 18 heavy (non-hydrogen) atoms. The Bertz CT molecular complexity index is 500. The lowest BCUT2D eigenvalue weighted by molar-refractivity contribution is 0.382. The number of nitrogens with two attached hydrogens (primary N) is 1. The molecule has 0 amide bonds. The molecular weight excluding hydrogens is 224 g/mol. The molecule has 2 aromatic rings. The Labute approximate surface area is 108 Å². The normalized spacial score (nSPS) is 10.8. The molecule has 1 aromatic heterocycles. The number of benzene rings is 1. The number of nitrogen functional groups attached to an aromatic ring is 1. The molecule has 0 atom stereocenters. The van der Waals surface area contributed by atoms with E-state index in [0.29, 0.717) is 5.82 Å². The summed E-state index contributed by atoms with van der Waals surface area (Å²) < 4.78 is 5.35. The summed E-state index contributed by atoms with van der Waals surface area (Å²) in [5.74, 6) is 1.40. The molecule has 0 aliphatic heterocycles. The van der Waals surface area contributed by atoms with Gasteiger partial charge in [0.05, 0.1) is 5.56 Å². The van der Waals surface area contributed by atoms with Gasteiger partial charge >= 0.3 is 0 Å². The van der Waals surface area contributed by atoms with E-state index in [4.69, 9.17) is 10.3 Å². The fraction of sp³-hybridized carbons (Fsp3) is 0.400. The Morgan fingerprint density at radius 2 is 1.89 bits per heavy atom. The van der Waals surface area contributed by atoms with E-state index < -0.39 is 0 Å². The van der Waals surface area contributed by atoms with Gasteiger partial charge in [-0.1, -0.05) is 54.8 Å². The van der Waals surface area contributed by atoms with Crippen LogP contribution < -0.4 is 5.73 Å². The average Bonchev–Trinajstić information content (AvgIpc) is 2.72. The van der Waals surface area contributed by atoms with Crippen LogP contribution in [0.5, 0.6) is 0 Å². The van der Waals surface area contributed by atoms with Crippen LogP contribution >= 0.6 is 0 Å². The summed E-state index contributed by atoms with van der Waals surface area (Å²) >= 11 is 0. The van der Waals surface area contributed by atoms with Gasteiger partial charge in [0.1, 0.15) is 5.76 Å². The van der Waals surface area contributed by atoms with Crippen molar-refractivity contribution in [1.82, 2.24) is 5.16 Å². The first kappa shape index (κ1) is 12.7. The quantitative estimate of drug-likeness (QED) is 0.810. The molecule has 96 valence electrons. The average molecular weight is 244 g/mol. The number of nitrogens with zero attached hydrogens (tertiary/aromatic N) is 1. The van der Waals surface area contributed by atoms with E-state index in [-0.39, 0.29) is 0 Å². The first-order valence-electron chi connectivity index (χ1n) is 6.53. The second-order valence-corrected chi connectivity index (χ2v) is 4.69. The zero-order valence-electron chi connectivity index (χ0n) is 11.1. The lowest BCUT2D eigenvalue weighted by atomic mass is 10.0. The topological polar surface area (TPSA) is 52.0 Å². The fourth-order valence-electron chi connectivity index (χ4n) is 2.07. The summed E-state index contributed by atoms with van der Waals surface area (Å²) in [4.78, 5) is 0. The Balaban J connectivity index is 2.25. The second-order valence-electron chi connectivity index (χ2n) is 4.69. The van der Waals surface area contributed by atoms with Crippen molar-refractivity contribution >= 4 is 5.82 Å². The molecule has 0 bridgehead atoms. The zero-order valence-corrected chi connectivity index (χ0v) is 11.1. The molecule has 0 spiro atoms. The number of unbranched alkanes of at least 4 members (excludes halogenated alkanes) is 2. The number of anilines is 1. The van der Waals surface area contributed by atoms with Crippen molar-refractivity contribution in [2.24, 2.45) is 0 Å². The van der Waals surface area contributed by atoms with Crippen molar-refractivity contribution < 1.29 is 4.52 Å². The largest absolute Gasteiger partial charge is 0.380 e. The summed E-state index contributed by atoms with van der Waals surface area (Å²) in [6.07, 6.45) is 4.42. The highest BCUT2D eigenvalue weighted by atomic mass is 16.5. The minimum absolute atomic E-state index is 0.491. The minimum atomic E-state index is 0.491. The number of aromatic nitrogens is 1. The molecule has 0 saturated heterocycles. The molecule has 0 aliphatic rings. The van der Waals surface area contributed by atoms with Crippen molar-refractivity contribution in [2.75, 3.05) is 5.73 Å². The van der Waals surface area contributed by atoms with Crippen LogP contribution in [0, 0.1) is 6.92 Å². The van der Waals surface area contributed by atoms with Gasteiger partial charge in [-0.3, -0.25) is 0 Å². The minimum Gasteiger partial charge on any atom is -0.380 e. The van der Waals surface area contributed by atoms with E-state index in [0.717, 1.165) is 29.7 Å². The number of rotatable bonds is 5. The van der Waals surface area contributed by atoms with Gasteiger partial charge < -0.3 is 10.3 Å². The van der Waals surface area contributed by atoms with Gasteiger partial charge in [0.2, 0.25) is 0 Å². The Morgan fingerprint density at radius 1 is 1.17 bits per heavy atom. The molecule has 0 saturated carbocycles. The molecule has 1 aromatic carbocycles. The van der Waals surface area contributed by atoms with Crippen molar-refractivity contribution in [2.45, 2.75) is 39.5 Å². The number of hydrogen-bond acceptors (Lipinski definition) is 3. The second kappa shape index (κ2) is 5.71. The SMILES string of the molecule is CCCCCc1onc(N)c1-c1ccc(C)cc1. The van der Waals surface area contributed by atoms with Crippen LogP contribution in [0.4, 0.5) is 5.82 Å². The summed E-state index contributed by atoms with van der Waals surface area (Å²) in [6, 6.07) is 8.30. The maximum Gasteiger partial charge on any atom is 0.175 e. The van der Waals surface area contributed by atoms with Gasteiger partial charge in [-0.15, -0.1) is 0 Å². The summed E-state index contributed by atoms with van der Waals surface area (Å²) in [6.45, 7) is 4.26. The van der Waals surface area contributed by atoms with Crippen molar-refractivity contribution in [1.29, 1.82) is 0 Å². The van der Waals surface area contributed by atoms with Gasteiger partial charge in [-0.25, -0.2) is 0 Å². The van der Waals surface area contributed by atoms with Crippen LogP contribution in [0.1, 0.15) is 37.5 Å². The van der Waals surface area contributed by atoms with Gasteiger partial charge in [0.25, 0.3) is 0 Å². The molecule has 2 N–H and O–H groups in total. The number of hydrogen-bond donors (Lipinski definition) is 1. The van der Waals surface area contributed by atoms with Crippen LogP contribution in [0.15, 0.2) is 28.8 Å². The van der Waals surface area contributed by atoms with Crippen LogP contribution in [-0.4, -0.2) is 5.16 Å². The maximum absolute atomic E-state index is 5.91. The Hall–Kier alpha value is -1.77. The van der Waals surface area contributed by atoms with Crippen LogP contribution in [0.3, 0.4) is 0 Å². The maximum atomic E-state index is 5.91.